The summed E-state index contributed by atoms with van der Waals surface area (Å²) < 4.78 is 4.66. The molecule has 52 valence electrons. The Morgan fingerprint density at radius 2 is 2.56 bits per heavy atom. The van der Waals surface area contributed by atoms with Crippen LogP contribution in [-0.2, 0) is 4.74 Å². The molecule has 1 unspecified atom stereocenters. The zero-order valence-electron chi connectivity index (χ0n) is 5.33. The number of likely N-dealkylation sites (N-methyl/N-ethyl adjacent to an activating group) is 1. The van der Waals surface area contributed by atoms with Crippen molar-refractivity contribution in [1.29, 1.82) is 0 Å². The van der Waals surface area contributed by atoms with Crippen LogP contribution in [0.1, 0.15) is 0 Å². The fraction of sp³-hybridized carbons (Fsp3) is 0.800. The van der Waals surface area contributed by atoms with Gasteiger partial charge in [-0.1, -0.05) is 0 Å². The van der Waals surface area contributed by atoms with Crippen LogP contribution in [0.3, 0.4) is 0 Å². The van der Waals surface area contributed by atoms with Crippen molar-refractivity contribution in [3.05, 3.63) is 0 Å². The van der Waals surface area contributed by atoms with Crippen molar-refractivity contribution in [2.24, 2.45) is 5.73 Å². The monoisotopic (exact) mass is 130 g/mol. The first kappa shape index (κ1) is 6.35. The van der Waals surface area contributed by atoms with Crippen molar-refractivity contribution >= 4 is 6.09 Å². The summed E-state index contributed by atoms with van der Waals surface area (Å²) in [6.45, 7) is 0.946. The van der Waals surface area contributed by atoms with Crippen LogP contribution < -0.4 is 5.73 Å². The van der Waals surface area contributed by atoms with Crippen molar-refractivity contribution in [2.75, 3.05) is 20.2 Å². The molecular weight excluding hydrogens is 120 g/mol. The van der Waals surface area contributed by atoms with Crippen LogP contribution in [0.2, 0.25) is 0 Å². The molecule has 4 nitrogen and oxygen atoms in total. The Balaban J connectivity index is 2.44. The molecule has 0 radical (unpaired) electrons. The van der Waals surface area contributed by atoms with Crippen LogP contribution in [0.25, 0.3) is 0 Å². The Kier molecular flexibility index (Phi) is 1.57. The Morgan fingerprint density at radius 1 is 1.89 bits per heavy atom. The number of hydrogen-bond acceptors (Lipinski definition) is 3. The van der Waals surface area contributed by atoms with Gasteiger partial charge in [0.2, 0.25) is 0 Å². The van der Waals surface area contributed by atoms with E-state index in [0.717, 1.165) is 0 Å². The summed E-state index contributed by atoms with van der Waals surface area (Å²) in [5.74, 6) is 0. The zero-order valence-corrected chi connectivity index (χ0v) is 5.33. The molecule has 0 aromatic rings. The van der Waals surface area contributed by atoms with Crippen LogP contribution in [0.15, 0.2) is 0 Å². The maximum Gasteiger partial charge on any atom is 0.409 e. The van der Waals surface area contributed by atoms with E-state index in [0.29, 0.717) is 13.2 Å². The predicted octanol–water partition coefficient (Wildman–Crippen LogP) is -0.604. The highest BCUT2D eigenvalue weighted by molar-refractivity contribution is 5.68. The van der Waals surface area contributed by atoms with E-state index in [1.54, 1.807) is 7.05 Å². The lowest BCUT2D eigenvalue weighted by Gasteiger charge is -2.26. The molecule has 2 N–H and O–H groups in total. The minimum atomic E-state index is -0.281. The summed E-state index contributed by atoms with van der Waals surface area (Å²) >= 11 is 0. The quantitative estimate of drug-likeness (QED) is 0.476. The molecular formula is C5H10N2O2. The summed E-state index contributed by atoms with van der Waals surface area (Å²) in [6.07, 6.45) is -0.281. The average Bonchev–Trinajstić information content (AvgIpc) is 1.80. The average molecular weight is 130 g/mol. The molecule has 1 rings (SSSR count). The second-order valence-corrected chi connectivity index (χ2v) is 2.22. The Morgan fingerprint density at radius 3 is 3.00 bits per heavy atom. The van der Waals surface area contributed by atoms with Gasteiger partial charge in [0.1, 0.15) is 6.61 Å². The van der Waals surface area contributed by atoms with E-state index in [1.807, 2.05) is 0 Å². The Hall–Kier alpha value is -0.770. The highest BCUT2D eigenvalue weighted by Gasteiger charge is 2.20. The molecule has 1 aliphatic heterocycles. The largest absolute Gasteiger partial charge is 0.448 e. The van der Waals surface area contributed by atoms with E-state index in [1.165, 1.54) is 4.90 Å². The van der Waals surface area contributed by atoms with Gasteiger partial charge >= 0.3 is 6.09 Å². The third-order valence-electron chi connectivity index (χ3n) is 1.24. The minimum absolute atomic E-state index is 0.0206. The molecule has 1 heterocycles. The number of ether oxygens (including phenoxy) is 1. The lowest BCUT2D eigenvalue weighted by atomic mass is 10.3. The number of hydrogen-bond donors (Lipinski definition) is 1. The van der Waals surface area contributed by atoms with Gasteiger partial charge in [-0.3, -0.25) is 0 Å². The van der Waals surface area contributed by atoms with Gasteiger partial charge in [-0.25, -0.2) is 4.79 Å². The number of carbonyl (C=O) groups is 1. The molecule has 9 heavy (non-hydrogen) atoms. The highest BCUT2D eigenvalue weighted by Crippen LogP contribution is 1.99. The van der Waals surface area contributed by atoms with Crippen LogP contribution in [0.5, 0.6) is 0 Å². The molecule has 4 heteroatoms. The SMILES string of the molecule is CN1CC(N)COC1=O. The number of amides is 1. The molecule has 1 saturated heterocycles. The van der Waals surface area contributed by atoms with E-state index in [2.05, 4.69) is 4.74 Å². The maximum atomic E-state index is 10.6. The van der Waals surface area contributed by atoms with Gasteiger partial charge in [0, 0.05) is 13.6 Å². The highest BCUT2D eigenvalue weighted by atomic mass is 16.6. The molecule has 1 fully saturated rings. The molecule has 0 aromatic carbocycles. The topological polar surface area (TPSA) is 55.6 Å². The van der Waals surface area contributed by atoms with Crippen molar-refractivity contribution < 1.29 is 9.53 Å². The third-order valence-corrected chi connectivity index (χ3v) is 1.24. The van der Waals surface area contributed by atoms with Crippen LogP contribution in [0.4, 0.5) is 4.79 Å². The normalized spacial score (nSPS) is 28.0. The number of carbonyl (C=O) groups excluding carboxylic acids is 1. The first-order valence-electron chi connectivity index (χ1n) is 2.83. The van der Waals surface area contributed by atoms with Crippen LogP contribution in [-0.4, -0.2) is 37.2 Å². The molecule has 0 bridgehead atoms. The van der Waals surface area contributed by atoms with E-state index < -0.39 is 0 Å². The fourth-order valence-corrected chi connectivity index (χ4v) is 0.768. The number of rotatable bonds is 0. The molecule has 0 aliphatic carbocycles. The van der Waals surface area contributed by atoms with Crippen molar-refractivity contribution in [2.45, 2.75) is 6.04 Å². The molecule has 1 atom stereocenters. The molecule has 1 aliphatic rings. The number of nitrogens with zero attached hydrogens (tertiary/aromatic N) is 1. The Bertz CT molecular complexity index is 126. The van der Waals surface area contributed by atoms with Crippen molar-refractivity contribution in [3.8, 4) is 0 Å². The van der Waals surface area contributed by atoms with Gasteiger partial charge in [0.25, 0.3) is 0 Å². The van der Waals surface area contributed by atoms with E-state index in [4.69, 9.17) is 5.73 Å². The van der Waals surface area contributed by atoms with Gasteiger partial charge in [-0.15, -0.1) is 0 Å². The van der Waals surface area contributed by atoms with Crippen molar-refractivity contribution in [3.63, 3.8) is 0 Å². The van der Waals surface area contributed by atoms with Crippen LogP contribution in [0, 0.1) is 0 Å². The second-order valence-electron chi connectivity index (χ2n) is 2.22. The molecule has 0 aromatic heterocycles. The standard InChI is InChI=1S/C5H10N2O2/c1-7-2-4(6)3-9-5(7)8/h4H,2-3,6H2,1H3. The van der Waals surface area contributed by atoms with Crippen molar-refractivity contribution in [1.82, 2.24) is 4.90 Å². The summed E-state index contributed by atoms with van der Waals surface area (Å²) in [5.41, 5.74) is 5.47. The summed E-state index contributed by atoms with van der Waals surface area (Å²) in [5, 5.41) is 0. The predicted molar refractivity (Wildman–Crippen MR) is 32.0 cm³/mol. The maximum absolute atomic E-state index is 10.6. The van der Waals surface area contributed by atoms with Gasteiger partial charge in [0.05, 0.1) is 6.04 Å². The lowest BCUT2D eigenvalue weighted by Crippen LogP contribution is -2.47. The van der Waals surface area contributed by atoms with Gasteiger partial charge in [0.15, 0.2) is 0 Å². The minimum Gasteiger partial charge on any atom is -0.448 e. The van der Waals surface area contributed by atoms with Gasteiger partial charge in [-0.2, -0.15) is 0 Å². The van der Waals surface area contributed by atoms with E-state index in [-0.39, 0.29) is 12.1 Å². The number of nitrogens with two attached hydrogens (primary N) is 1. The Labute approximate surface area is 53.6 Å². The molecule has 1 amide bonds. The molecule has 0 spiro atoms. The first-order chi connectivity index (χ1) is 4.20. The first-order valence-corrected chi connectivity index (χ1v) is 2.83. The fourth-order valence-electron chi connectivity index (χ4n) is 0.768. The third kappa shape index (κ3) is 1.32. The van der Waals surface area contributed by atoms with Gasteiger partial charge < -0.3 is 15.4 Å². The van der Waals surface area contributed by atoms with E-state index in [9.17, 15) is 4.79 Å². The smallest absolute Gasteiger partial charge is 0.409 e. The number of cyclic esters (lactones) is 1. The van der Waals surface area contributed by atoms with E-state index >= 15 is 0 Å². The van der Waals surface area contributed by atoms with Gasteiger partial charge in [-0.05, 0) is 0 Å². The summed E-state index contributed by atoms with van der Waals surface area (Å²) in [4.78, 5) is 12.1. The summed E-state index contributed by atoms with van der Waals surface area (Å²) in [7, 11) is 1.67. The van der Waals surface area contributed by atoms with Crippen LogP contribution >= 0.6 is 0 Å². The lowest BCUT2D eigenvalue weighted by molar-refractivity contribution is 0.0731. The second kappa shape index (κ2) is 2.23. The summed E-state index contributed by atoms with van der Waals surface area (Å²) in [6, 6.07) is -0.0206. The zero-order chi connectivity index (χ0) is 6.85. The molecule has 0 saturated carbocycles.